The van der Waals surface area contributed by atoms with Gasteiger partial charge in [-0.05, 0) is 55.4 Å². The van der Waals surface area contributed by atoms with Gasteiger partial charge in [-0.1, -0.05) is 0 Å². The van der Waals surface area contributed by atoms with Crippen LogP contribution < -0.4 is 5.73 Å². The van der Waals surface area contributed by atoms with Crippen LogP contribution in [-0.2, 0) is 99.9 Å². The fourth-order valence-corrected chi connectivity index (χ4v) is 6.67. The third-order valence-electron chi connectivity index (χ3n) is 9.37. The molecule has 3 saturated heterocycles. The molecule has 0 aromatic heterocycles. The summed E-state index contributed by atoms with van der Waals surface area (Å²) in [6.07, 6.45) is -22.7. The lowest BCUT2D eigenvalue weighted by Gasteiger charge is -2.50. The molecule has 0 spiro atoms. The molecule has 0 aromatic carbocycles. The van der Waals surface area contributed by atoms with Crippen LogP contribution in [0.25, 0.3) is 0 Å². The lowest BCUT2D eigenvalue weighted by molar-refractivity contribution is -0.363. The average molecular weight is 892 g/mol. The number of hydrogen-bond acceptors (Lipinski definition) is 22. The van der Waals surface area contributed by atoms with E-state index in [2.05, 4.69) is 0 Å². The highest BCUT2D eigenvalue weighted by atomic mass is 16.8. The minimum absolute atomic E-state index is 0.583. The van der Waals surface area contributed by atoms with Crippen LogP contribution in [0, 0.1) is 10.8 Å². The molecule has 0 bridgehead atoms. The average Bonchev–Trinajstić information content (AvgIpc) is 3.10. The van der Waals surface area contributed by atoms with E-state index in [9.17, 15) is 38.4 Å². The molecule has 22 heteroatoms. The van der Waals surface area contributed by atoms with Gasteiger partial charge in [-0.3, -0.25) is 38.4 Å². The van der Waals surface area contributed by atoms with Crippen molar-refractivity contribution in [3.8, 4) is 0 Å². The van der Waals surface area contributed by atoms with Gasteiger partial charge in [0.05, 0.1) is 23.0 Å². The molecule has 15 atom stereocenters. The van der Waals surface area contributed by atoms with E-state index in [1.807, 2.05) is 0 Å². The Labute approximate surface area is 359 Å². The Bertz CT molecular complexity index is 1650. The molecule has 62 heavy (non-hydrogen) atoms. The highest BCUT2D eigenvalue weighted by molar-refractivity contribution is 5.76. The Hall–Kier alpha value is -4.48. The van der Waals surface area contributed by atoms with Crippen LogP contribution in [0.3, 0.4) is 0 Å². The molecular formula is C40H61NO21. The van der Waals surface area contributed by atoms with Crippen molar-refractivity contribution in [2.24, 2.45) is 16.6 Å². The Balaban J connectivity index is 2.26. The van der Waals surface area contributed by atoms with Gasteiger partial charge >= 0.3 is 47.8 Å². The van der Waals surface area contributed by atoms with Crippen molar-refractivity contribution >= 4 is 47.8 Å². The molecule has 0 saturated carbocycles. The first-order valence-electron chi connectivity index (χ1n) is 20.0. The third-order valence-corrected chi connectivity index (χ3v) is 9.37. The van der Waals surface area contributed by atoms with Gasteiger partial charge in [0, 0.05) is 41.5 Å². The molecule has 2 N–H and O–H groups in total. The van der Waals surface area contributed by atoms with Crippen LogP contribution >= 0.6 is 0 Å². The molecule has 22 nitrogen and oxygen atoms in total. The molecule has 0 aromatic rings. The Morgan fingerprint density at radius 3 is 1.11 bits per heavy atom. The van der Waals surface area contributed by atoms with Gasteiger partial charge in [-0.2, -0.15) is 0 Å². The van der Waals surface area contributed by atoms with Crippen molar-refractivity contribution in [1.82, 2.24) is 0 Å². The number of ether oxygens (including phenoxy) is 13. The number of nitrogens with two attached hydrogens (primary N) is 1. The second-order valence-corrected chi connectivity index (χ2v) is 17.2. The van der Waals surface area contributed by atoms with Gasteiger partial charge < -0.3 is 67.3 Å². The van der Waals surface area contributed by atoms with Gasteiger partial charge in [0.25, 0.3) is 0 Å². The van der Waals surface area contributed by atoms with E-state index < -0.39 is 157 Å². The number of hydrogen-bond donors (Lipinski definition) is 1. The maximum Gasteiger partial charge on any atom is 0.311 e. The van der Waals surface area contributed by atoms with E-state index >= 15 is 0 Å². The van der Waals surface area contributed by atoms with E-state index in [1.54, 1.807) is 41.5 Å². The quantitative estimate of drug-likeness (QED) is 0.200. The lowest BCUT2D eigenvalue weighted by atomic mass is 9.93. The Morgan fingerprint density at radius 2 is 0.758 bits per heavy atom. The number of carbonyl (C=O) groups excluding carboxylic acids is 8. The fraction of sp³-hybridized carbons (Fsp3) is 0.800. The highest BCUT2D eigenvalue weighted by Gasteiger charge is 2.58. The molecule has 0 unspecified atom stereocenters. The number of carbonyl (C=O) groups is 8. The van der Waals surface area contributed by atoms with E-state index in [0.29, 0.717) is 0 Å². The topological polar surface area (TPSA) is 283 Å². The second-order valence-electron chi connectivity index (χ2n) is 17.2. The summed E-state index contributed by atoms with van der Waals surface area (Å²) >= 11 is 0. The summed E-state index contributed by atoms with van der Waals surface area (Å²) in [5, 5.41) is 0. The molecule has 3 heterocycles. The summed E-state index contributed by atoms with van der Waals surface area (Å²) in [6.45, 7) is 18.3. The van der Waals surface area contributed by atoms with E-state index in [4.69, 9.17) is 67.3 Å². The van der Waals surface area contributed by atoms with Crippen molar-refractivity contribution in [2.45, 2.75) is 189 Å². The minimum Gasteiger partial charge on any atom is -0.462 e. The third kappa shape index (κ3) is 14.0. The summed E-state index contributed by atoms with van der Waals surface area (Å²) in [5.41, 5.74) is 4.43. The van der Waals surface area contributed by atoms with Crippen molar-refractivity contribution in [1.29, 1.82) is 0 Å². The Kier molecular flexibility index (Phi) is 17.8. The zero-order chi connectivity index (χ0) is 47.2. The van der Waals surface area contributed by atoms with Crippen LogP contribution in [0.4, 0.5) is 0 Å². The van der Waals surface area contributed by atoms with Gasteiger partial charge in [-0.15, -0.1) is 0 Å². The molecule has 3 rings (SSSR count). The van der Waals surface area contributed by atoms with Gasteiger partial charge in [-0.25, -0.2) is 0 Å². The minimum atomic E-state index is -1.73. The normalized spacial score (nSPS) is 33.8. The number of rotatable bonds is 13. The molecule has 3 aliphatic heterocycles. The smallest absolute Gasteiger partial charge is 0.311 e. The Morgan fingerprint density at radius 1 is 0.435 bits per heavy atom. The summed E-state index contributed by atoms with van der Waals surface area (Å²) < 4.78 is 76.2. The van der Waals surface area contributed by atoms with Gasteiger partial charge in [0.2, 0.25) is 0 Å². The van der Waals surface area contributed by atoms with Crippen molar-refractivity contribution < 1.29 is 99.9 Å². The van der Waals surface area contributed by atoms with Crippen LogP contribution in [0.5, 0.6) is 0 Å². The maximum absolute atomic E-state index is 13.9. The molecule has 3 aliphatic rings. The van der Waals surface area contributed by atoms with Gasteiger partial charge in [0.1, 0.15) is 31.1 Å². The van der Waals surface area contributed by atoms with E-state index in [1.165, 1.54) is 13.8 Å². The zero-order valence-corrected chi connectivity index (χ0v) is 37.5. The van der Waals surface area contributed by atoms with Crippen molar-refractivity contribution in [2.75, 3.05) is 6.61 Å². The monoisotopic (exact) mass is 891 g/mol. The summed E-state index contributed by atoms with van der Waals surface area (Å²) in [6, 6.07) is 0. The fourth-order valence-electron chi connectivity index (χ4n) is 6.67. The summed E-state index contributed by atoms with van der Waals surface area (Å²) in [7, 11) is 0. The SMILES string of the molecule is CC(=O)O[C@@H]1[C@@H](OC(C)=O)[C@H](C)O[C@@H](O[C@@H]2[C@@H](OC(=O)C(C)(C)C)[C@H](O[C@@H]3O[C@@H](C)[C@H](OC(C)=O)[C@@H](OC(C)=O)[C@H]3OC(C)=O)[C@@H](COC(=O)C(C)(C)C)O[C@H]2N)[C@@H]1OC(C)=O. The summed E-state index contributed by atoms with van der Waals surface area (Å²) in [5.74, 6) is -6.57. The first kappa shape index (κ1) is 51.9. The predicted molar refractivity (Wildman–Crippen MR) is 204 cm³/mol. The molecule has 0 aliphatic carbocycles. The standard InChI is InChI=1S/C40H61NO21/c1-16-25(53-18(3)42)28(55-20(5)44)32(57-22(7)46)35(51-16)60-27-24(15-50-37(48)39(9,10)11)59-34(41)31(30(27)62-38(49)40(12,13)14)61-36-33(58-23(8)47)29(56-21(6)45)26(17(2)52-36)54-19(4)43/h16-17,24-36H,15,41H2,1-14H3/t16-,17-,24+,25-,26-,27+,28+,29+,30-,31+,32+,33+,34+,35-,36-/m0/s1. The second kappa shape index (κ2) is 21.3. The first-order valence-corrected chi connectivity index (χ1v) is 20.0. The molecule has 352 valence electrons. The predicted octanol–water partition coefficient (Wildman–Crippen LogP) is 1.07. The molecular weight excluding hydrogens is 830 g/mol. The zero-order valence-electron chi connectivity index (χ0n) is 37.5. The van der Waals surface area contributed by atoms with Crippen LogP contribution in [0.2, 0.25) is 0 Å². The van der Waals surface area contributed by atoms with Crippen LogP contribution in [-0.4, -0.2) is 146 Å². The van der Waals surface area contributed by atoms with Gasteiger partial charge in [0.15, 0.2) is 55.3 Å². The highest BCUT2D eigenvalue weighted by Crippen LogP contribution is 2.38. The molecule has 0 amide bonds. The van der Waals surface area contributed by atoms with E-state index in [-0.39, 0.29) is 0 Å². The number of esters is 8. The lowest BCUT2D eigenvalue weighted by Crippen LogP contribution is -2.69. The summed E-state index contributed by atoms with van der Waals surface area (Å²) in [4.78, 5) is 101. The first-order chi connectivity index (χ1) is 28.5. The largest absolute Gasteiger partial charge is 0.462 e. The van der Waals surface area contributed by atoms with Crippen molar-refractivity contribution in [3.05, 3.63) is 0 Å². The molecule has 3 fully saturated rings. The van der Waals surface area contributed by atoms with Crippen LogP contribution in [0.15, 0.2) is 0 Å². The van der Waals surface area contributed by atoms with Crippen molar-refractivity contribution in [3.63, 3.8) is 0 Å². The van der Waals surface area contributed by atoms with Crippen LogP contribution in [0.1, 0.15) is 96.9 Å². The van der Waals surface area contributed by atoms with E-state index in [0.717, 1.165) is 41.5 Å². The maximum atomic E-state index is 13.9. The molecule has 0 radical (unpaired) electrons.